The minimum atomic E-state index is -0.128. The summed E-state index contributed by atoms with van der Waals surface area (Å²) in [6.07, 6.45) is 1.50. The van der Waals surface area contributed by atoms with Crippen molar-refractivity contribution in [2.75, 3.05) is 19.8 Å². The molecule has 1 aliphatic rings. The molecule has 0 radical (unpaired) electrons. The quantitative estimate of drug-likeness (QED) is 0.706. The Labute approximate surface area is 94.0 Å². The van der Waals surface area contributed by atoms with Gasteiger partial charge in [0.25, 0.3) is 0 Å². The molecule has 2 rings (SSSR count). The van der Waals surface area contributed by atoms with Gasteiger partial charge in [-0.05, 0) is 6.54 Å². The summed E-state index contributed by atoms with van der Waals surface area (Å²) in [7, 11) is 1.72. The Kier molecular flexibility index (Phi) is 3.31. The summed E-state index contributed by atoms with van der Waals surface area (Å²) in [5.74, 6) is -0.0758. The fourth-order valence-corrected chi connectivity index (χ4v) is 1.98. The third-order valence-electron chi connectivity index (χ3n) is 2.85. The van der Waals surface area contributed by atoms with Crippen LogP contribution in [-0.4, -0.2) is 46.6 Å². The van der Waals surface area contributed by atoms with Gasteiger partial charge in [-0.15, -0.1) is 5.10 Å². The summed E-state index contributed by atoms with van der Waals surface area (Å²) in [6, 6.07) is 0.104. The highest BCUT2D eigenvalue weighted by Crippen LogP contribution is 2.18. The minimum Gasteiger partial charge on any atom is -0.379 e. The Balaban J connectivity index is 2.12. The third kappa shape index (κ3) is 1.98. The summed E-state index contributed by atoms with van der Waals surface area (Å²) < 4.78 is 6.85. The zero-order valence-electron chi connectivity index (χ0n) is 9.51. The SMILES string of the molecule is CCNC1COCC1C(=O)c1cnnn1C. The lowest BCUT2D eigenvalue weighted by Crippen LogP contribution is -2.39. The highest BCUT2D eigenvalue weighted by molar-refractivity contribution is 5.96. The van der Waals surface area contributed by atoms with Crippen molar-refractivity contribution in [2.45, 2.75) is 13.0 Å². The predicted molar refractivity (Wildman–Crippen MR) is 57.1 cm³/mol. The number of hydrogen-bond acceptors (Lipinski definition) is 5. The Morgan fingerprint density at radius 1 is 1.69 bits per heavy atom. The number of carbonyl (C=O) groups is 1. The molecule has 2 unspecified atom stereocenters. The lowest BCUT2D eigenvalue weighted by Gasteiger charge is -2.16. The van der Waals surface area contributed by atoms with Gasteiger partial charge in [-0.1, -0.05) is 12.1 Å². The largest absolute Gasteiger partial charge is 0.379 e. The topological polar surface area (TPSA) is 69.0 Å². The molecule has 0 bridgehead atoms. The van der Waals surface area contributed by atoms with Crippen LogP contribution in [0.5, 0.6) is 0 Å². The number of ether oxygens (including phenoxy) is 1. The first-order valence-corrected chi connectivity index (χ1v) is 5.44. The lowest BCUT2D eigenvalue weighted by molar-refractivity contribution is 0.0882. The number of rotatable bonds is 4. The fourth-order valence-electron chi connectivity index (χ4n) is 1.98. The Bertz CT molecular complexity index is 377. The highest BCUT2D eigenvalue weighted by atomic mass is 16.5. The van der Waals surface area contributed by atoms with Crippen LogP contribution in [0.2, 0.25) is 0 Å². The smallest absolute Gasteiger partial charge is 0.189 e. The molecule has 88 valence electrons. The van der Waals surface area contributed by atoms with E-state index in [9.17, 15) is 4.79 Å². The zero-order chi connectivity index (χ0) is 11.5. The van der Waals surface area contributed by atoms with Gasteiger partial charge in [-0.3, -0.25) is 4.79 Å². The van der Waals surface area contributed by atoms with Gasteiger partial charge in [0.15, 0.2) is 5.78 Å². The summed E-state index contributed by atoms with van der Waals surface area (Å²) in [5, 5.41) is 10.7. The van der Waals surface area contributed by atoms with Crippen LogP contribution in [0.1, 0.15) is 17.4 Å². The molecule has 1 saturated heterocycles. The summed E-state index contributed by atoms with van der Waals surface area (Å²) in [6.45, 7) is 3.92. The zero-order valence-corrected chi connectivity index (χ0v) is 9.51. The molecule has 6 nitrogen and oxygen atoms in total. The molecule has 1 N–H and O–H groups in total. The molecule has 0 aromatic carbocycles. The summed E-state index contributed by atoms with van der Waals surface area (Å²) >= 11 is 0. The number of nitrogens with zero attached hydrogens (tertiary/aromatic N) is 3. The predicted octanol–water partition coefficient (Wildman–Crippen LogP) is -0.378. The molecule has 0 amide bonds. The molecular formula is C10H16N4O2. The maximum Gasteiger partial charge on any atom is 0.189 e. The number of ketones is 1. The van der Waals surface area contributed by atoms with Gasteiger partial charge >= 0.3 is 0 Å². The van der Waals surface area contributed by atoms with Crippen molar-refractivity contribution in [1.29, 1.82) is 0 Å². The molecular weight excluding hydrogens is 208 g/mol. The van der Waals surface area contributed by atoms with Crippen molar-refractivity contribution in [3.8, 4) is 0 Å². The van der Waals surface area contributed by atoms with E-state index in [-0.39, 0.29) is 17.7 Å². The molecule has 16 heavy (non-hydrogen) atoms. The van der Waals surface area contributed by atoms with Crippen LogP contribution in [0.4, 0.5) is 0 Å². The molecule has 1 aliphatic heterocycles. The number of hydrogen-bond donors (Lipinski definition) is 1. The van der Waals surface area contributed by atoms with Crippen molar-refractivity contribution in [3.63, 3.8) is 0 Å². The molecule has 0 aliphatic carbocycles. The number of Topliss-reactive ketones (excluding diaryl/α,β-unsaturated/α-hetero) is 1. The van der Waals surface area contributed by atoms with Gasteiger partial charge in [0.1, 0.15) is 5.69 Å². The lowest BCUT2D eigenvalue weighted by atomic mass is 9.96. The summed E-state index contributed by atoms with van der Waals surface area (Å²) in [5.41, 5.74) is 0.540. The van der Waals surface area contributed by atoms with E-state index in [1.165, 1.54) is 10.9 Å². The van der Waals surface area contributed by atoms with Gasteiger partial charge in [0.05, 0.1) is 25.3 Å². The van der Waals surface area contributed by atoms with Crippen molar-refractivity contribution < 1.29 is 9.53 Å². The molecule has 1 aromatic rings. The Morgan fingerprint density at radius 2 is 2.50 bits per heavy atom. The Morgan fingerprint density at radius 3 is 3.12 bits per heavy atom. The van der Waals surface area contributed by atoms with E-state index in [0.717, 1.165) is 6.54 Å². The molecule has 1 fully saturated rings. The van der Waals surface area contributed by atoms with Gasteiger partial charge < -0.3 is 10.1 Å². The average Bonchev–Trinajstić information content (AvgIpc) is 2.87. The van der Waals surface area contributed by atoms with Crippen molar-refractivity contribution in [3.05, 3.63) is 11.9 Å². The van der Waals surface area contributed by atoms with Gasteiger partial charge in [-0.25, -0.2) is 4.68 Å². The Hall–Kier alpha value is -1.27. The first-order valence-electron chi connectivity index (χ1n) is 5.44. The number of nitrogens with one attached hydrogen (secondary N) is 1. The molecule has 6 heteroatoms. The van der Waals surface area contributed by atoms with Gasteiger partial charge in [-0.2, -0.15) is 0 Å². The average molecular weight is 224 g/mol. The van der Waals surface area contributed by atoms with E-state index >= 15 is 0 Å². The van der Waals surface area contributed by atoms with Crippen molar-refractivity contribution in [1.82, 2.24) is 20.3 Å². The fraction of sp³-hybridized carbons (Fsp3) is 0.700. The van der Waals surface area contributed by atoms with Crippen LogP contribution in [-0.2, 0) is 11.8 Å². The molecule has 0 saturated carbocycles. The van der Waals surface area contributed by atoms with E-state index in [1.807, 2.05) is 6.92 Å². The van der Waals surface area contributed by atoms with E-state index in [4.69, 9.17) is 4.74 Å². The monoisotopic (exact) mass is 224 g/mol. The van der Waals surface area contributed by atoms with E-state index in [2.05, 4.69) is 15.6 Å². The van der Waals surface area contributed by atoms with Gasteiger partial charge in [0, 0.05) is 13.1 Å². The molecule has 2 heterocycles. The number of aromatic nitrogens is 3. The second kappa shape index (κ2) is 4.71. The van der Waals surface area contributed by atoms with E-state index < -0.39 is 0 Å². The van der Waals surface area contributed by atoms with E-state index in [0.29, 0.717) is 18.9 Å². The van der Waals surface area contributed by atoms with Crippen molar-refractivity contribution in [2.24, 2.45) is 13.0 Å². The highest BCUT2D eigenvalue weighted by Gasteiger charge is 2.35. The normalized spacial score (nSPS) is 24.9. The van der Waals surface area contributed by atoms with Crippen LogP contribution in [0.15, 0.2) is 6.20 Å². The first kappa shape index (κ1) is 11.2. The second-order valence-electron chi connectivity index (χ2n) is 3.92. The standard InChI is InChI=1S/C10H16N4O2/c1-3-11-8-6-16-5-7(8)10(15)9-4-12-13-14(9)2/h4,7-8,11H,3,5-6H2,1-2H3. The van der Waals surface area contributed by atoms with Crippen LogP contribution in [0, 0.1) is 5.92 Å². The minimum absolute atomic E-state index is 0.0518. The van der Waals surface area contributed by atoms with Crippen LogP contribution < -0.4 is 5.32 Å². The van der Waals surface area contributed by atoms with Gasteiger partial charge in [0.2, 0.25) is 0 Å². The maximum atomic E-state index is 12.2. The second-order valence-corrected chi connectivity index (χ2v) is 3.92. The first-order chi connectivity index (χ1) is 7.74. The summed E-state index contributed by atoms with van der Waals surface area (Å²) in [4.78, 5) is 12.2. The molecule has 0 spiro atoms. The number of carbonyl (C=O) groups excluding carboxylic acids is 1. The molecule has 1 aromatic heterocycles. The van der Waals surface area contributed by atoms with Crippen LogP contribution in [0.25, 0.3) is 0 Å². The van der Waals surface area contributed by atoms with E-state index in [1.54, 1.807) is 7.05 Å². The number of aryl methyl sites for hydroxylation is 1. The third-order valence-corrected chi connectivity index (χ3v) is 2.85. The maximum absolute atomic E-state index is 12.2. The molecule has 2 atom stereocenters. The number of likely N-dealkylation sites (N-methyl/N-ethyl adjacent to an activating group) is 1. The van der Waals surface area contributed by atoms with Crippen LogP contribution in [0.3, 0.4) is 0 Å². The van der Waals surface area contributed by atoms with Crippen molar-refractivity contribution >= 4 is 5.78 Å². The van der Waals surface area contributed by atoms with Crippen LogP contribution >= 0.6 is 0 Å².